The van der Waals surface area contributed by atoms with E-state index < -0.39 is 0 Å². The highest BCUT2D eigenvalue weighted by atomic mass is 32.1. The number of piperidine rings is 1. The Morgan fingerprint density at radius 3 is 2.50 bits per heavy atom. The summed E-state index contributed by atoms with van der Waals surface area (Å²) in [6.45, 7) is 15.5. The molecule has 2 aliphatic rings. The Morgan fingerprint density at radius 1 is 1.18 bits per heavy atom. The lowest BCUT2D eigenvalue weighted by molar-refractivity contribution is 0.140. The standard InChI is InChI=1S/C20H37N7S/c1-5-18-23-20(28-24-18)27-11-9-26(10-12-27)19(21-4)22-7-6-8-25-14-16(2)13-17(3)15-25/h16-17H,5-15H2,1-4H3,(H,21,22). The number of guanidine groups is 1. The van der Waals surface area contributed by atoms with Crippen molar-refractivity contribution in [3.05, 3.63) is 5.82 Å². The molecule has 0 bridgehead atoms. The zero-order valence-corrected chi connectivity index (χ0v) is 18.8. The number of hydrogen-bond acceptors (Lipinski definition) is 6. The predicted octanol–water partition coefficient (Wildman–Crippen LogP) is 2.17. The fourth-order valence-electron chi connectivity index (χ4n) is 4.44. The topological polar surface area (TPSA) is 59.9 Å². The number of hydrogen-bond donors (Lipinski definition) is 1. The summed E-state index contributed by atoms with van der Waals surface area (Å²) in [5, 5.41) is 4.63. The molecule has 3 rings (SSSR count). The van der Waals surface area contributed by atoms with Gasteiger partial charge >= 0.3 is 0 Å². The number of aromatic nitrogens is 2. The molecular formula is C20H37N7S. The summed E-state index contributed by atoms with van der Waals surface area (Å²) in [5.41, 5.74) is 0. The largest absolute Gasteiger partial charge is 0.356 e. The maximum absolute atomic E-state index is 4.62. The lowest BCUT2D eigenvalue weighted by Gasteiger charge is -2.36. The average molecular weight is 408 g/mol. The molecule has 1 aromatic heterocycles. The molecule has 0 saturated carbocycles. The second-order valence-corrected chi connectivity index (χ2v) is 9.08. The number of piperazine rings is 1. The Kier molecular flexibility index (Phi) is 7.91. The lowest BCUT2D eigenvalue weighted by Crippen LogP contribution is -2.52. The van der Waals surface area contributed by atoms with Gasteiger partial charge in [-0.15, -0.1) is 0 Å². The first kappa shape index (κ1) is 21.3. The van der Waals surface area contributed by atoms with Gasteiger partial charge in [-0.05, 0) is 31.2 Å². The molecular weight excluding hydrogens is 370 g/mol. The van der Waals surface area contributed by atoms with E-state index in [0.29, 0.717) is 0 Å². The van der Waals surface area contributed by atoms with Crippen LogP contribution in [-0.2, 0) is 6.42 Å². The van der Waals surface area contributed by atoms with E-state index >= 15 is 0 Å². The Bertz CT molecular complexity index is 614. The lowest BCUT2D eigenvalue weighted by atomic mass is 9.92. The quantitative estimate of drug-likeness (QED) is 0.443. The van der Waals surface area contributed by atoms with Gasteiger partial charge < -0.3 is 20.0 Å². The van der Waals surface area contributed by atoms with Crippen molar-refractivity contribution in [2.45, 2.75) is 40.0 Å². The highest BCUT2D eigenvalue weighted by Gasteiger charge is 2.23. The molecule has 2 fully saturated rings. The second-order valence-electron chi connectivity index (χ2n) is 8.35. The molecule has 2 unspecified atom stereocenters. The van der Waals surface area contributed by atoms with E-state index in [9.17, 15) is 0 Å². The number of rotatable bonds is 6. The highest BCUT2D eigenvalue weighted by Crippen LogP contribution is 2.21. The zero-order chi connectivity index (χ0) is 19.9. The van der Waals surface area contributed by atoms with Crippen LogP contribution in [0.4, 0.5) is 5.13 Å². The Hall–Kier alpha value is -1.41. The molecule has 0 radical (unpaired) electrons. The van der Waals surface area contributed by atoms with Crippen LogP contribution in [0, 0.1) is 11.8 Å². The second kappa shape index (κ2) is 10.4. The minimum Gasteiger partial charge on any atom is -0.356 e. The van der Waals surface area contributed by atoms with Gasteiger partial charge in [-0.25, -0.2) is 4.98 Å². The molecule has 0 aliphatic carbocycles. The van der Waals surface area contributed by atoms with Crippen LogP contribution >= 0.6 is 11.5 Å². The van der Waals surface area contributed by atoms with Crippen LogP contribution in [0.25, 0.3) is 0 Å². The SMILES string of the molecule is CCc1nsc(N2CCN(C(=NC)NCCCN3CC(C)CC(C)C3)CC2)n1. The van der Waals surface area contributed by atoms with Crippen LogP contribution in [-0.4, -0.2) is 84.5 Å². The van der Waals surface area contributed by atoms with E-state index in [1.165, 1.54) is 44.0 Å². The van der Waals surface area contributed by atoms with Crippen molar-refractivity contribution < 1.29 is 0 Å². The molecule has 2 aliphatic heterocycles. The molecule has 0 spiro atoms. The number of likely N-dealkylation sites (tertiary alicyclic amines) is 1. The van der Waals surface area contributed by atoms with Crippen molar-refractivity contribution in [1.29, 1.82) is 0 Å². The van der Waals surface area contributed by atoms with Crippen LogP contribution in [0.3, 0.4) is 0 Å². The molecule has 8 heteroatoms. The molecule has 3 heterocycles. The van der Waals surface area contributed by atoms with Gasteiger partial charge in [0.25, 0.3) is 0 Å². The zero-order valence-electron chi connectivity index (χ0n) is 18.0. The van der Waals surface area contributed by atoms with Crippen molar-refractivity contribution in [3.63, 3.8) is 0 Å². The van der Waals surface area contributed by atoms with Gasteiger partial charge in [0.05, 0.1) is 0 Å². The Labute approximate surface area is 174 Å². The maximum Gasteiger partial charge on any atom is 0.205 e. The molecule has 28 heavy (non-hydrogen) atoms. The van der Waals surface area contributed by atoms with Gasteiger partial charge in [0.15, 0.2) is 5.96 Å². The minimum atomic E-state index is 0.835. The van der Waals surface area contributed by atoms with Crippen molar-refractivity contribution in [2.24, 2.45) is 16.8 Å². The van der Waals surface area contributed by atoms with Gasteiger partial charge in [0.2, 0.25) is 5.13 Å². The summed E-state index contributed by atoms with van der Waals surface area (Å²) >= 11 is 1.52. The molecule has 2 atom stereocenters. The van der Waals surface area contributed by atoms with Crippen molar-refractivity contribution >= 4 is 22.6 Å². The fraction of sp³-hybridized carbons (Fsp3) is 0.850. The molecule has 0 aromatic carbocycles. The smallest absolute Gasteiger partial charge is 0.205 e. The fourth-order valence-corrected chi connectivity index (χ4v) is 5.24. The number of anilines is 1. The number of aryl methyl sites for hydroxylation is 1. The monoisotopic (exact) mass is 407 g/mol. The Balaban J connectivity index is 1.37. The summed E-state index contributed by atoms with van der Waals surface area (Å²) in [7, 11) is 1.89. The molecule has 158 valence electrons. The van der Waals surface area contributed by atoms with Gasteiger partial charge in [-0.2, -0.15) is 4.37 Å². The third kappa shape index (κ3) is 5.80. The van der Waals surface area contributed by atoms with Gasteiger partial charge in [-0.1, -0.05) is 20.8 Å². The van der Waals surface area contributed by atoms with Gasteiger partial charge in [0, 0.05) is 70.8 Å². The maximum atomic E-state index is 4.62. The normalized spacial score (nSPS) is 24.6. The van der Waals surface area contributed by atoms with Crippen LogP contribution in [0.5, 0.6) is 0 Å². The highest BCUT2D eigenvalue weighted by molar-refractivity contribution is 7.09. The van der Waals surface area contributed by atoms with Crippen LogP contribution in [0.15, 0.2) is 4.99 Å². The summed E-state index contributed by atoms with van der Waals surface area (Å²) in [6, 6.07) is 0. The minimum absolute atomic E-state index is 0.835. The number of nitrogens with one attached hydrogen (secondary N) is 1. The molecule has 2 saturated heterocycles. The van der Waals surface area contributed by atoms with E-state index in [4.69, 9.17) is 0 Å². The first-order chi connectivity index (χ1) is 13.6. The van der Waals surface area contributed by atoms with Crippen molar-refractivity contribution in [2.75, 3.05) is 64.3 Å². The van der Waals surface area contributed by atoms with E-state index in [1.54, 1.807) is 0 Å². The van der Waals surface area contributed by atoms with Gasteiger partial charge in [-0.3, -0.25) is 4.99 Å². The number of aliphatic imine (C=N–C) groups is 1. The summed E-state index contributed by atoms with van der Waals surface area (Å²) in [4.78, 5) is 16.5. The molecule has 1 N–H and O–H groups in total. The average Bonchev–Trinajstić information content (AvgIpc) is 3.17. The van der Waals surface area contributed by atoms with E-state index in [-0.39, 0.29) is 0 Å². The van der Waals surface area contributed by atoms with Gasteiger partial charge in [0.1, 0.15) is 5.82 Å². The predicted molar refractivity (Wildman–Crippen MR) is 118 cm³/mol. The summed E-state index contributed by atoms with van der Waals surface area (Å²) in [5.74, 6) is 3.66. The number of nitrogens with zero attached hydrogens (tertiary/aromatic N) is 6. The molecule has 1 aromatic rings. The first-order valence-corrected chi connectivity index (χ1v) is 11.6. The molecule has 0 amide bonds. The van der Waals surface area contributed by atoms with E-state index in [1.807, 2.05) is 7.05 Å². The Morgan fingerprint density at radius 2 is 1.89 bits per heavy atom. The third-order valence-electron chi connectivity index (χ3n) is 5.71. The first-order valence-electron chi connectivity index (χ1n) is 10.8. The van der Waals surface area contributed by atoms with Crippen LogP contribution in [0.2, 0.25) is 0 Å². The van der Waals surface area contributed by atoms with Crippen molar-refractivity contribution in [1.82, 2.24) is 24.5 Å². The van der Waals surface area contributed by atoms with Crippen LogP contribution < -0.4 is 10.2 Å². The summed E-state index contributed by atoms with van der Waals surface area (Å²) in [6.07, 6.45) is 3.45. The summed E-state index contributed by atoms with van der Waals surface area (Å²) < 4.78 is 4.41. The molecule has 7 nitrogen and oxygen atoms in total. The third-order valence-corrected chi connectivity index (χ3v) is 6.53. The van der Waals surface area contributed by atoms with E-state index in [2.05, 4.69) is 55.1 Å². The van der Waals surface area contributed by atoms with Crippen molar-refractivity contribution in [3.8, 4) is 0 Å². The van der Waals surface area contributed by atoms with E-state index in [0.717, 1.165) is 67.9 Å². The van der Waals surface area contributed by atoms with Crippen LogP contribution in [0.1, 0.15) is 39.4 Å².